The number of ether oxygens (including phenoxy) is 1. The van der Waals surface area contributed by atoms with Crippen LogP contribution in [0, 0.1) is 11.3 Å². The Morgan fingerprint density at radius 1 is 1.35 bits per heavy atom. The van der Waals surface area contributed by atoms with E-state index in [2.05, 4.69) is 9.97 Å². The Labute approximate surface area is 96.3 Å². The number of nitrogens with two attached hydrogens (primary N) is 1. The van der Waals surface area contributed by atoms with E-state index in [-0.39, 0.29) is 11.6 Å². The van der Waals surface area contributed by atoms with Crippen LogP contribution in [0.25, 0.3) is 0 Å². The summed E-state index contributed by atoms with van der Waals surface area (Å²) in [6.07, 6.45) is 1.21. The van der Waals surface area contributed by atoms with Gasteiger partial charge >= 0.3 is 0 Å². The number of H-pyrrole nitrogens is 1. The van der Waals surface area contributed by atoms with Crippen LogP contribution in [-0.2, 0) is 0 Å². The van der Waals surface area contributed by atoms with Gasteiger partial charge in [0, 0.05) is 0 Å². The zero-order valence-electron chi connectivity index (χ0n) is 8.68. The van der Waals surface area contributed by atoms with Gasteiger partial charge in [-0.1, -0.05) is 0 Å². The Balaban J connectivity index is 2.29. The average molecular weight is 228 g/mol. The molecule has 0 aliphatic heterocycles. The number of nitriles is 1. The number of anilines is 1. The van der Waals surface area contributed by atoms with Crippen LogP contribution >= 0.6 is 0 Å². The topological polar surface area (TPSA) is 105 Å². The number of nitrogen functional groups attached to an aromatic ring is 1. The Morgan fingerprint density at radius 2 is 2.06 bits per heavy atom. The number of nitrogens with zero attached hydrogens (tertiary/aromatic N) is 2. The van der Waals surface area contributed by atoms with Crippen molar-refractivity contribution >= 4 is 5.69 Å². The van der Waals surface area contributed by atoms with E-state index in [0.29, 0.717) is 11.3 Å². The maximum atomic E-state index is 11.2. The molecular weight excluding hydrogens is 220 g/mol. The minimum Gasteiger partial charge on any atom is -0.437 e. The number of benzene rings is 1. The normalized spacial score (nSPS) is 9.59. The van der Waals surface area contributed by atoms with Gasteiger partial charge in [-0.15, -0.1) is 0 Å². The Bertz CT molecular complexity index is 625. The molecule has 0 saturated carbocycles. The molecule has 1 aromatic carbocycles. The van der Waals surface area contributed by atoms with E-state index in [1.165, 1.54) is 6.33 Å². The summed E-state index contributed by atoms with van der Waals surface area (Å²) in [5, 5.41) is 8.63. The van der Waals surface area contributed by atoms with Crippen molar-refractivity contribution in [3.05, 3.63) is 46.5 Å². The van der Waals surface area contributed by atoms with Crippen LogP contribution in [0.3, 0.4) is 0 Å². The number of aromatic amines is 1. The van der Waals surface area contributed by atoms with Crippen molar-refractivity contribution in [3.8, 4) is 17.7 Å². The fourth-order valence-electron chi connectivity index (χ4n) is 1.18. The first-order valence-electron chi connectivity index (χ1n) is 4.72. The molecule has 0 amide bonds. The SMILES string of the molecule is N#Cc1ccc(Oc2nc[nH]c(=O)c2N)cc1. The lowest BCUT2D eigenvalue weighted by molar-refractivity contribution is 0.463. The largest absolute Gasteiger partial charge is 0.437 e. The maximum Gasteiger partial charge on any atom is 0.277 e. The van der Waals surface area contributed by atoms with Crippen molar-refractivity contribution in [2.24, 2.45) is 0 Å². The monoisotopic (exact) mass is 228 g/mol. The molecule has 0 saturated heterocycles. The lowest BCUT2D eigenvalue weighted by atomic mass is 10.2. The predicted molar refractivity (Wildman–Crippen MR) is 60.5 cm³/mol. The first kappa shape index (κ1) is 10.7. The standard InChI is InChI=1S/C11H8N4O2/c12-5-7-1-3-8(4-2-7)17-11-9(13)10(16)14-6-15-11/h1-4,6H,13H2,(H,14,15,16). The number of aromatic nitrogens is 2. The van der Waals surface area contributed by atoms with Crippen molar-refractivity contribution in [2.75, 3.05) is 5.73 Å². The molecule has 1 heterocycles. The molecule has 0 atom stereocenters. The van der Waals surface area contributed by atoms with Gasteiger partial charge in [0.25, 0.3) is 5.56 Å². The molecule has 2 aromatic rings. The molecule has 3 N–H and O–H groups in total. The molecule has 6 nitrogen and oxygen atoms in total. The summed E-state index contributed by atoms with van der Waals surface area (Å²) in [6.45, 7) is 0. The fourth-order valence-corrected chi connectivity index (χ4v) is 1.18. The summed E-state index contributed by atoms with van der Waals surface area (Å²) >= 11 is 0. The second kappa shape index (κ2) is 4.37. The summed E-state index contributed by atoms with van der Waals surface area (Å²) in [6, 6.07) is 8.38. The highest BCUT2D eigenvalue weighted by Crippen LogP contribution is 2.21. The lowest BCUT2D eigenvalue weighted by Crippen LogP contribution is -2.13. The second-order valence-electron chi connectivity index (χ2n) is 3.19. The van der Waals surface area contributed by atoms with E-state index >= 15 is 0 Å². The van der Waals surface area contributed by atoms with Crippen molar-refractivity contribution in [3.63, 3.8) is 0 Å². The average Bonchev–Trinajstić information content (AvgIpc) is 2.36. The van der Waals surface area contributed by atoms with Crippen molar-refractivity contribution in [1.82, 2.24) is 9.97 Å². The zero-order valence-corrected chi connectivity index (χ0v) is 8.68. The smallest absolute Gasteiger partial charge is 0.277 e. The quantitative estimate of drug-likeness (QED) is 0.798. The number of nitrogens with one attached hydrogen (secondary N) is 1. The number of hydrogen-bond donors (Lipinski definition) is 2. The van der Waals surface area contributed by atoms with Crippen molar-refractivity contribution < 1.29 is 4.74 Å². The van der Waals surface area contributed by atoms with Crippen LogP contribution in [0.5, 0.6) is 11.6 Å². The molecule has 0 aliphatic carbocycles. The predicted octanol–water partition coefficient (Wildman–Crippen LogP) is 1.02. The molecule has 0 aliphatic rings. The van der Waals surface area contributed by atoms with Gasteiger partial charge in [0.2, 0.25) is 5.88 Å². The van der Waals surface area contributed by atoms with Crippen LogP contribution < -0.4 is 16.0 Å². The number of rotatable bonds is 2. The van der Waals surface area contributed by atoms with E-state index in [9.17, 15) is 4.79 Å². The van der Waals surface area contributed by atoms with Gasteiger partial charge in [0.05, 0.1) is 18.0 Å². The molecule has 6 heteroatoms. The highest BCUT2D eigenvalue weighted by molar-refractivity contribution is 5.47. The van der Waals surface area contributed by atoms with Crippen LogP contribution in [0.4, 0.5) is 5.69 Å². The van der Waals surface area contributed by atoms with Crippen LogP contribution in [0.2, 0.25) is 0 Å². The summed E-state index contributed by atoms with van der Waals surface area (Å²) in [7, 11) is 0. The third-order valence-corrected chi connectivity index (χ3v) is 2.05. The van der Waals surface area contributed by atoms with Crippen molar-refractivity contribution in [1.29, 1.82) is 5.26 Å². The number of hydrogen-bond acceptors (Lipinski definition) is 5. The van der Waals surface area contributed by atoms with Crippen LogP contribution in [0.1, 0.15) is 5.56 Å². The summed E-state index contributed by atoms with van der Waals surface area (Å²) in [4.78, 5) is 17.3. The highest BCUT2D eigenvalue weighted by Gasteiger charge is 2.06. The molecule has 0 radical (unpaired) electrons. The Morgan fingerprint density at radius 3 is 2.71 bits per heavy atom. The van der Waals surface area contributed by atoms with E-state index in [4.69, 9.17) is 15.7 Å². The molecular formula is C11H8N4O2. The Kier molecular flexibility index (Phi) is 2.75. The van der Waals surface area contributed by atoms with Gasteiger partial charge in [-0.25, -0.2) is 4.98 Å². The minimum atomic E-state index is -0.455. The van der Waals surface area contributed by atoms with Crippen molar-refractivity contribution in [2.45, 2.75) is 0 Å². The Hall–Kier alpha value is -2.81. The molecule has 1 aromatic heterocycles. The van der Waals surface area contributed by atoms with E-state index in [1.807, 2.05) is 6.07 Å². The van der Waals surface area contributed by atoms with Gasteiger partial charge in [0.15, 0.2) is 5.69 Å². The van der Waals surface area contributed by atoms with E-state index in [0.717, 1.165) is 0 Å². The maximum absolute atomic E-state index is 11.2. The van der Waals surface area contributed by atoms with Gasteiger partial charge in [-0.3, -0.25) is 4.79 Å². The van der Waals surface area contributed by atoms with Crippen LogP contribution in [0.15, 0.2) is 35.4 Å². The first-order valence-corrected chi connectivity index (χ1v) is 4.72. The third-order valence-electron chi connectivity index (χ3n) is 2.05. The lowest BCUT2D eigenvalue weighted by Gasteiger charge is -2.05. The highest BCUT2D eigenvalue weighted by atomic mass is 16.5. The minimum absolute atomic E-state index is 0.0402. The second-order valence-corrected chi connectivity index (χ2v) is 3.19. The van der Waals surface area contributed by atoms with Gasteiger partial charge < -0.3 is 15.5 Å². The van der Waals surface area contributed by atoms with Gasteiger partial charge in [-0.2, -0.15) is 5.26 Å². The van der Waals surface area contributed by atoms with E-state index < -0.39 is 5.56 Å². The van der Waals surface area contributed by atoms with Gasteiger partial charge in [-0.05, 0) is 24.3 Å². The summed E-state index contributed by atoms with van der Waals surface area (Å²) in [5.41, 5.74) is 5.48. The zero-order chi connectivity index (χ0) is 12.3. The third kappa shape index (κ3) is 2.23. The molecule has 0 unspecified atom stereocenters. The van der Waals surface area contributed by atoms with Crippen LogP contribution in [-0.4, -0.2) is 9.97 Å². The molecule has 0 fully saturated rings. The first-order chi connectivity index (χ1) is 8.20. The molecule has 0 spiro atoms. The molecule has 0 bridgehead atoms. The molecule has 2 rings (SSSR count). The van der Waals surface area contributed by atoms with Gasteiger partial charge in [0.1, 0.15) is 5.75 Å². The summed E-state index contributed by atoms with van der Waals surface area (Å²) in [5.74, 6) is 0.493. The molecule has 84 valence electrons. The van der Waals surface area contributed by atoms with E-state index in [1.54, 1.807) is 24.3 Å². The fraction of sp³-hybridized carbons (Fsp3) is 0. The summed E-state index contributed by atoms with van der Waals surface area (Å²) < 4.78 is 5.32. The molecule has 17 heavy (non-hydrogen) atoms.